The van der Waals surface area contributed by atoms with Crippen molar-refractivity contribution in [3.05, 3.63) is 82.7 Å². The second-order valence-electron chi connectivity index (χ2n) is 5.30. The number of furan rings is 1. The van der Waals surface area contributed by atoms with E-state index in [0.717, 1.165) is 4.47 Å². The van der Waals surface area contributed by atoms with Crippen LogP contribution in [0.15, 0.2) is 75.8 Å². The molecule has 1 aromatic heterocycles. The molecule has 0 aliphatic rings. The summed E-state index contributed by atoms with van der Waals surface area (Å²) in [7, 11) is 0. The number of rotatable bonds is 6. The summed E-state index contributed by atoms with van der Waals surface area (Å²) < 4.78 is 11.8. The van der Waals surface area contributed by atoms with Gasteiger partial charge in [-0.3, -0.25) is 4.79 Å². The van der Waals surface area contributed by atoms with E-state index in [2.05, 4.69) is 21.2 Å². The number of aliphatic hydroxyl groups excluding tert-OH is 1. The zero-order chi connectivity index (χ0) is 17.6. The van der Waals surface area contributed by atoms with Gasteiger partial charge in [-0.1, -0.05) is 34.1 Å². The summed E-state index contributed by atoms with van der Waals surface area (Å²) >= 11 is 3.39. The van der Waals surface area contributed by atoms with Gasteiger partial charge in [0.1, 0.15) is 23.4 Å². The largest absolute Gasteiger partial charge is 0.467 e. The number of hydrogen-bond acceptors (Lipinski definition) is 4. The fourth-order valence-corrected chi connectivity index (χ4v) is 2.64. The lowest BCUT2D eigenvalue weighted by Crippen LogP contribution is -2.28. The molecule has 0 saturated heterocycles. The summed E-state index contributed by atoms with van der Waals surface area (Å²) in [5.41, 5.74) is 0.383. The molecule has 25 heavy (non-hydrogen) atoms. The molecule has 1 heterocycles. The fourth-order valence-electron chi connectivity index (χ4n) is 2.27. The Bertz CT molecular complexity index is 848. The zero-order valence-corrected chi connectivity index (χ0v) is 14.8. The Morgan fingerprint density at radius 3 is 2.76 bits per heavy atom. The van der Waals surface area contributed by atoms with E-state index in [4.69, 9.17) is 9.15 Å². The number of benzene rings is 2. The van der Waals surface area contributed by atoms with Gasteiger partial charge in [0.15, 0.2) is 0 Å². The molecule has 0 spiro atoms. The predicted molar refractivity (Wildman–Crippen MR) is 96.7 cm³/mol. The smallest absolute Gasteiger partial charge is 0.255 e. The monoisotopic (exact) mass is 401 g/mol. The molecule has 1 atom stereocenters. The Balaban J connectivity index is 1.70. The number of aliphatic hydroxyl groups is 1. The number of para-hydroxylation sites is 1. The van der Waals surface area contributed by atoms with Crippen LogP contribution in [0, 0.1) is 0 Å². The van der Waals surface area contributed by atoms with Gasteiger partial charge in [-0.15, -0.1) is 0 Å². The minimum absolute atomic E-state index is 0.0393. The Labute approximate surface area is 153 Å². The highest BCUT2D eigenvalue weighted by molar-refractivity contribution is 9.10. The van der Waals surface area contributed by atoms with E-state index in [1.807, 2.05) is 18.2 Å². The van der Waals surface area contributed by atoms with Crippen molar-refractivity contribution in [3.63, 3.8) is 0 Å². The molecule has 128 valence electrons. The molecule has 3 aromatic rings. The van der Waals surface area contributed by atoms with E-state index in [9.17, 15) is 9.90 Å². The van der Waals surface area contributed by atoms with Crippen LogP contribution in [-0.2, 0) is 0 Å². The van der Waals surface area contributed by atoms with Crippen molar-refractivity contribution in [2.24, 2.45) is 0 Å². The van der Waals surface area contributed by atoms with E-state index in [1.165, 1.54) is 6.26 Å². The number of amides is 1. The Hall–Kier alpha value is -2.57. The molecule has 5 nitrogen and oxygen atoms in total. The van der Waals surface area contributed by atoms with E-state index >= 15 is 0 Å². The predicted octanol–water partition coefficient (Wildman–Crippen LogP) is 4.30. The Morgan fingerprint density at radius 2 is 2.00 bits per heavy atom. The van der Waals surface area contributed by atoms with Gasteiger partial charge in [-0.25, -0.2) is 0 Å². The first kappa shape index (κ1) is 17.3. The number of carbonyl (C=O) groups excluding carboxylic acids is 1. The SMILES string of the molecule is O=C(NCC(O)c1ccco1)c1ccccc1Oc1cccc(Br)c1. The van der Waals surface area contributed by atoms with Gasteiger partial charge in [0.25, 0.3) is 5.91 Å². The van der Waals surface area contributed by atoms with Crippen LogP contribution in [0.25, 0.3) is 0 Å². The van der Waals surface area contributed by atoms with Gasteiger partial charge >= 0.3 is 0 Å². The van der Waals surface area contributed by atoms with Crippen LogP contribution < -0.4 is 10.1 Å². The van der Waals surface area contributed by atoms with Crippen LogP contribution in [0.2, 0.25) is 0 Å². The molecule has 2 aromatic carbocycles. The fraction of sp³-hybridized carbons (Fsp3) is 0.105. The van der Waals surface area contributed by atoms with Crippen molar-refractivity contribution in [1.29, 1.82) is 0 Å². The van der Waals surface area contributed by atoms with Crippen LogP contribution in [0.1, 0.15) is 22.2 Å². The maximum atomic E-state index is 12.5. The number of carbonyl (C=O) groups is 1. The van der Waals surface area contributed by atoms with Crippen molar-refractivity contribution in [2.75, 3.05) is 6.54 Å². The van der Waals surface area contributed by atoms with Crippen LogP contribution in [-0.4, -0.2) is 17.6 Å². The molecular weight excluding hydrogens is 386 g/mol. The molecule has 0 aliphatic carbocycles. The quantitative estimate of drug-likeness (QED) is 0.645. The number of halogens is 1. The summed E-state index contributed by atoms with van der Waals surface area (Å²) in [6.45, 7) is 0.0393. The summed E-state index contributed by atoms with van der Waals surface area (Å²) in [4.78, 5) is 12.5. The lowest BCUT2D eigenvalue weighted by Gasteiger charge is -2.13. The van der Waals surface area contributed by atoms with Gasteiger partial charge < -0.3 is 19.6 Å². The van der Waals surface area contributed by atoms with Crippen LogP contribution in [0.5, 0.6) is 11.5 Å². The number of ether oxygens (including phenoxy) is 1. The molecule has 0 aliphatic heterocycles. The highest BCUT2D eigenvalue weighted by atomic mass is 79.9. The summed E-state index contributed by atoms with van der Waals surface area (Å²) in [5, 5.41) is 12.7. The van der Waals surface area contributed by atoms with E-state index in [1.54, 1.807) is 42.5 Å². The molecule has 0 bridgehead atoms. The molecule has 0 fully saturated rings. The van der Waals surface area contributed by atoms with Crippen LogP contribution in [0.3, 0.4) is 0 Å². The molecule has 6 heteroatoms. The van der Waals surface area contributed by atoms with E-state index < -0.39 is 6.10 Å². The molecule has 1 unspecified atom stereocenters. The third kappa shape index (κ3) is 4.49. The van der Waals surface area contributed by atoms with Crippen molar-refractivity contribution in [3.8, 4) is 11.5 Å². The molecule has 0 radical (unpaired) electrons. The third-order valence-electron chi connectivity index (χ3n) is 3.48. The second kappa shape index (κ2) is 8.00. The minimum atomic E-state index is -0.905. The maximum Gasteiger partial charge on any atom is 0.255 e. The highest BCUT2D eigenvalue weighted by Crippen LogP contribution is 2.27. The van der Waals surface area contributed by atoms with E-state index in [0.29, 0.717) is 22.8 Å². The summed E-state index contributed by atoms with van der Waals surface area (Å²) in [6, 6.07) is 17.6. The number of nitrogens with one attached hydrogen (secondary N) is 1. The van der Waals surface area contributed by atoms with Crippen LogP contribution >= 0.6 is 15.9 Å². The van der Waals surface area contributed by atoms with Crippen LogP contribution in [0.4, 0.5) is 0 Å². The molecule has 1 amide bonds. The van der Waals surface area contributed by atoms with Crippen molar-refractivity contribution >= 4 is 21.8 Å². The zero-order valence-electron chi connectivity index (χ0n) is 13.2. The van der Waals surface area contributed by atoms with Gasteiger partial charge in [-0.2, -0.15) is 0 Å². The lowest BCUT2D eigenvalue weighted by atomic mass is 10.1. The van der Waals surface area contributed by atoms with Crippen molar-refractivity contribution in [1.82, 2.24) is 5.32 Å². The van der Waals surface area contributed by atoms with E-state index in [-0.39, 0.29) is 12.5 Å². The third-order valence-corrected chi connectivity index (χ3v) is 3.98. The highest BCUT2D eigenvalue weighted by Gasteiger charge is 2.16. The lowest BCUT2D eigenvalue weighted by molar-refractivity contribution is 0.0899. The first-order valence-electron chi connectivity index (χ1n) is 7.65. The summed E-state index contributed by atoms with van der Waals surface area (Å²) in [5.74, 6) is 1.12. The van der Waals surface area contributed by atoms with Crippen molar-refractivity contribution in [2.45, 2.75) is 6.10 Å². The second-order valence-corrected chi connectivity index (χ2v) is 6.21. The van der Waals surface area contributed by atoms with Gasteiger partial charge in [0.2, 0.25) is 0 Å². The molecule has 0 saturated carbocycles. The maximum absolute atomic E-state index is 12.5. The van der Waals surface area contributed by atoms with Gasteiger partial charge in [-0.05, 0) is 42.5 Å². The Kier molecular flexibility index (Phi) is 5.53. The molecule has 3 rings (SSSR count). The standard InChI is InChI=1S/C19H16BrNO4/c20-13-5-3-6-14(11-13)25-17-8-2-1-7-15(17)19(23)21-12-16(22)18-9-4-10-24-18/h1-11,16,22H,12H2,(H,21,23). The first-order chi connectivity index (χ1) is 12.1. The Morgan fingerprint density at radius 1 is 1.16 bits per heavy atom. The number of hydrogen-bond donors (Lipinski definition) is 2. The first-order valence-corrected chi connectivity index (χ1v) is 8.45. The topological polar surface area (TPSA) is 71.7 Å². The normalized spacial score (nSPS) is 11.8. The minimum Gasteiger partial charge on any atom is -0.467 e. The average Bonchev–Trinajstić information content (AvgIpc) is 3.15. The summed E-state index contributed by atoms with van der Waals surface area (Å²) in [6.07, 6.45) is 0.568. The van der Waals surface area contributed by atoms with Crippen molar-refractivity contribution < 1.29 is 19.1 Å². The molecule has 2 N–H and O–H groups in total. The molecular formula is C19H16BrNO4. The average molecular weight is 402 g/mol. The van der Waals surface area contributed by atoms with Gasteiger partial charge in [0.05, 0.1) is 18.4 Å². The van der Waals surface area contributed by atoms with Gasteiger partial charge in [0, 0.05) is 4.47 Å².